The first-order chi connectivity index (χ1) is 6.56. The normalized spacial score (nSPS) is 10.0. The highest BCUT2D eigenvalue weighted by Crippen LogP contribution is 2.28. The van der Waals surface area contributed by atoms with Gasteiger partial charge in [-0.25, -0.2) is 4.39 Å². The Morgan fingerprint density at radius 3 is 2.71 bits per heavy atom. The molecule has 0 unspecified atom stereocenters. The molecular formula is C10H10BrFO2. The number of carbonyl (C=O) groups is 1. The molecule has 0 N–H and O–H groups in total. The molecule has 0 bridgehead atoms. The summed E-state index contributed by atoms with van der Waals surface area (Å²) in [5.41, 5.74) is 0.0697. The summed E-state index contributed by atoms with van der Waals surface area (Å²) in [5, 5.41) is 0. The molecule has 1 aromatic carbocycles. The maximum absolute atomic E-state index is 13.3. The van der Waals surface area contributed by atoms with E-state index in [0.717, 1.165) is 0 Å². The molecule has 0 aliphatic heterocycles. The molecule has 76 valence electrons. The molecule has 2 nitrogen and oxygen atoms in total. The van der Waals surface area contributed by atoms with Crippen molar-refractivity contribution in [3.8, 4) is 5.75 Å². The molecule has 1 rings (SSSR count). The third-order valence-corrected chi connectivity index (χ3v) is 2.32. The van der Waals surface area contributed by atoms with Crippen LogP contribution < -0.4 is 4.74 Å². The molecule has 0 aromatic heterocycles. The summed E-state index contributed by atoms with van der Waals surface area (Å²) in [6.45, 7) is 3.59. The minimum absolute atomic E-state index is 0.0697. The monoisotopic (exact) mass is 260 g/mol. The highest BCUT2D eigenvalue weighted by atomic mass is 79.9. The van der Waals surface area contributed by atoms with E-state index >= 15 is 0 Å². The van der Waals surface area contributed by atoms with Crippen LogP contribution in [0, 0.1) is 5.82 Å². The van der Waals surface area contributed by atoms with Gasteiger partial charge in [-0.2, -0.15) is 0 Å². The lowest BCUT2D eigenvalue weighted by Gasteiger charge is -2.07. The van der Waals surface area contributed by atoms with Crippen molar-refractivity contribution in [2.45, 2.75) is 13.8 Å². The fraction of sp³-hybridized carbons (Fsp3) is 0.300. The van der Waals surface area contributed by atoms with Gasteiger partial charge in [-0.05, 0) is 35.8 Å². The number of rotatable bonds is 3. The maximum atomic E-state index is 13.3. The largest absolute Gasteiger partial charge is 0.493 e. The number of hydrogen-bond donors (Lipinski definition) is 0. The molecule has 0 heterocycles. The Balaban J connectivity index is 3.17. The van der Waals surface area contributed by atoms with Gasteiger partial charge in [-0.3, -0.25) is 4.79 Å². The number of ketones is 1. The van der Waals surface area contributed by atoms with E-state index in [1.54, 1.807) is 0 Å². The van der Waals surface area contributed by atoms with Gasteiger partial charge in [-0.15, -0.1) is 0 Å². The van der Waals surface area contributed by atoms with Crippen molar-refractivity contribution in [3.05, 3.63) is 28.0 Å². The number of hydrogen-bond acceptors (Lipinski definition) is 2. The standard InChI is InChI=1S/C10H10BrFO2/c1-3-14-10-5-9(12)7(6(2)13)4-8(10)11/h4-5H,3H2,1-2H3. The Morgan fingerprint density at radius 2 is 2.21 bits per heavy atom. The lowest BCUT2D eigenvalue weighted by molar-refractivity contribution is 0.101. The van der Waals surface area contributed by atoms with Crippen LogP contribution in [0.3, 0.4) is 0 Å². The number of benzene rings is 1. The minimum atomic E-state index is -0.552. The number of halogens is 2. The molecule has 0 fully saturated rings. The Morgan fingerprint density at radius 1 is 1.57 bits per heavy atom. The summed E-state index contributed by atoms with van der Waals surface area (Å²) in [5.74, 6) is -0.439. The van der Waals surface area contributed by atoms with E-state index in [0.29, 0.717) is 16.8 Å². The average molecular weight is 261 g/mol. The lowest BCUT2D eigenvalue weighted by Crippen LogP contribution is -2.00. The molecule has 0 radical (unpaired) electrons. The number of Topliss-reactive ketones (excluding diaryl/α,β-unsaturated/α-hetero) is 1. The zero-order valence-corrected chi connectivity index (χ0v) is 9.52. The fourth-order valence-electron chi connectivity index (χ4n) is 1.06. The maximum Gasteiger partial charge on any atom is 0.162 e. The van der Waals surface area contributed by atoms with Crippen molar-refractivity contribution in [1.82, 2.24) is 0 Å². The van der Waals surface area contributed by atoms with Gasteiger partial charge in [0, 0.05) is 6.07 Å². The molecule has 0 spiro atoms. The van der Waals surface area contributed by atoms with Crippen LogP contribution >= 0.6 is 15.9 Å². The summed E-state index contributed by atoms with van der Waals surface area (Å²) in [7, 11) is 0. The quantitative estimate of drug-likeness (QED) is 0.781. The van der Waals surface area contributed by atoms with E-state index in [4.69, 9.17) is 4.74 Å². The highest BCUT2D eigenvalue weighted by molar-refractivity contribution is 9.10. The Hall–Kier alpha value is -0.900. The third-order valence-electron chi connectivity index (χ3n) is 1.70. The Bertz CT molecular complexity index is 363. The van der Waals surface area contributed by atoms with Crippen LogP contribution in [-0.4, -0.2) is 12.4 Å². The topological polar surface area (TPSA) is 26.3 Å². The molecule has 0 saturated heterocycles. The van der Waals surface area contributed by atoms with Gasteiger partial charge in [0.05, 0.1) is 16.6 Å². The third kappa shape index (κ3) is 2.32. The van der Waals surface area contributed by atoms with Crippen LogP contribution in [0.25, 0.3) is 0 Å². The van der Waals surface area contributed by atoms with Crippen molar-refractivity contribution in [2.75, 3.05) is 6.61 Å². The molecule has 1 aromatic rings. The second-order valence-electron chi connectivity index (χ2n) is 2.75. The van der Waals surface area contributed by atoms with Crippen molar-refractivity contribution < 1.29 is 13.9 Å². The van der Waals surface area contributed by atoms with Gasteiger partial charge < -0.3 is 4.74 Å². The smallest absolute Gasteiger partial charge is 0.162 e. The zero-order chi connectivity index (χ0) is 10.7. The van der Waals surface area contributed by atoms with Crippen LogP contribution in [0.1, 0.15) is 24.2 Å². The van der Waals surface area contributed by atoms with E-state index in [-0.39, 0.29) is 11.3 Å². The van der Waals surface area contributed by atoms with Gasteiger partial charge in [0.15, 0.2) is 5.78 Å². The summed E-state index contributed by atoms with van der Waals surface area (Å²) < 4.78 is 19.0. The van der Waals surface area contributed by atoms with Gasteiger partial charge in [0.1, 0.15) is 11.6 Å². The lowest BCUT2D eigenvalue weighted by atomic mass is 10.1. The molecule has 14 heavy (non-hydrogen) atoms. The first-order valence-corrected chi connectivity index (χ1v) is 4.98. The molecule has 0 amide bonds. The molecule has 0 aliphatic carbocycles. The Kier molecular flexibility index (Phi) is 3.63. The van der Waals surface area contributed by atoms with Crippen LogP contribution in [0.4, 0.5) is 4.39 Å². The zero-order valence-electron chi connectivity index (χ0n) is 7.93. The molecule has 0 aliphatic rings. The molecule has 0 saturated carbocycles. The van der Waals surface area contributed by atoms with Crippen molar-refractivity contribution >= 4 is 21.7 Å². The van der Waals surface area contributed by atoms with Gasteiger partial charge >= 0.3 is 0 Å². The first kappa shape index (κ1) is 11.2. The summed E-state index contributed by atoms with van der Waals surface area (Å²) in [4.78, 5) is 11.0. The molecular weight excluding hydrogens is 251 g/mol. The van der Waals surface area contributed by atoms with Crippen molar-refractivity contribution in [3.63, 3.8) is 0 Å². The minimum Gasteiger partial charge on any atom is -0.493 e. The molecule has 4 heteroatoms. The van der Waals surface area contributed by atoms with E-state index in [1.807, 2.05) is 6.92 Å². The van der Waals surface area contributed by atoms with Gasteiger partial charge in [-0.1, -0.05) is 0 Å². The molecule has 0 atom stereocenters. The second-order valence-corrected chi connectivity index (χ2v) is 3.61. The average Bonchev–Trinajstić information content (AvgIpc) is 2.10. The Labute approximate surface area is 90.2 Å². The van der Waals surface area contributed by atoms with Crippen molar-refractivity contribution in [1.29, 1.82) is 0 Å². The van der Waals surface area contributed by atoms with Crippen LogP contribution in [0.2, 0.25) is 0 Å². The van der Waals surface area contributed by atoms with E-state index in [9.17, 15) is 9.18 Å². The summed E-state index contributed by atoms with van der Waals surface area (Å²) >= 11 is 3.21. The summed E-state index contributed by atoms with van der Waals surface area (Å²) in [6, 6.07) is 2.65. The SMILES string of the molecule is CCOc1cc(F)c(C(C)=O)cc1Br. The highest BCUT2D eigenvalue weighted by Gasteiger charge is 2.11. The number of ether oxygens (including phenoxy) is 1. The van der Waals surface area contributed by atoms with Crippen LogP contribution in [-0.2, 0) is 0 Å². The fourth-order valence-corrected chi connectivity index (χ4v) is 1.52. The van der Waals surface area contributed by atoms with Crippen molar-refractivity contribution in [2.24, 2.45) is 0 Å². The summed E-state index contributed by atoms with van der Waals surface area (Å²) in [6.07, 6.45) is 0. The van der Waals surface area contributed by atoms with E-state index in [1.165, 1.54) is 19.1 Å². The van der Waals surface area contributed by atoms with Gasteiger partial charge in [0.2, 0.25) is 0 Å². The first-order valence-electron chi connectivity index (χ1n) is 4.19. The van der Waals surface area contributed by atoms with Crippen LogP contribution in [0.5, 0.6) is 5.75 Å². The number of carbonyl (C=O) groups excluding carboxylic acids is 1. The van der Waals surface area contributed by atoms with Gasteiger partial charge in [0.25, 0.3) is 0 Å². The van der Waals surface area contributed by atoms with E-state index < -0.39 is 5.82 Å². The van der Waals surface area contributed by atoms with E-state index in [2.05, 4.69) is 15.9 Å². The predicted molar refractivity (Wildman–Crippen MR) is 55.3 cm³/mol. The second kappa shape index (κ2) is 4.55. The predicted octanol–water partition coefficient (Wildman–Crippen LogP) is 3.19. The van der Waals surface area contributed by atoms with Crippen LogP contribution in [0.15, 0.2) is 16.6 Å².